The molecular weight excluding hydrogens is 260 g/mol. The average Bonchev–Trinajstić information content (AvgIpc) is 2.81. The summed E-state index contributed by atoms with van der Waals surface area (Å²) in [7, 11) is 4.79. The van der Waals surface area contributed by atoms with E-state index < -0.39 is 5.97 Å². The molecule has 7 nitrogen and oxygen atoms in total. The smallest absolute Gasteiger partial charge is 0.360 e. The lowest BCUT2D eigenvalue weighted by Crippen LogP contribution is -2.21. The highest BCUT2D eigenvalue weighted by molar-refractivity contribution is 5.88. The van der Waals surface area contributed by atoms with Gasteiger partial charge in [-0.2, -0.15) is 0 Å². The molecule has 0 saturated carbocycles. The number of aromatic nitrogens is 3. The van der Waals surface area contributed by atoms with Crippen molar-refractivity contribution >= 4 is 11.9 Å². The first kappa shape index (κ1) is 16.1. The van der Waals surface area contributed by atoms with E-state index in [1.54, 1.807) is 23.7 Å². The van der Waals surface area contributed by atoms with Crippen LogP contribution in [0.15, 0.2) is 0 Å². The molecule has 0 unspecified atom stereocenters. The van der Waals surface area contributed by atoms with Gasteiger partial charge in [0, 0.05) is 27.1 Å². The second-order valence-electron chi connectivity index (χ2n) is 4.74. The van der Waals surface area contributed by atoms with Crippen molar-refractivity contribution in [3.8, 4) is 0 Å². The van der Waals surface area contributed by atoms with Gasteiger partial charge in [0.15, 0.2) is 5.69 Å². The van der Waals surface area contributed by atoms with E-state index in [9.17, 15) is 9.59 Å². The van der Waals surface area contributed by atoms with Crippen LogP contribution in [-0.4, -0.2) is 53.0 Å². The van der Waals surface area contributed by atoms with Gasteiger partial charge in [0.05, 0.1) is 12.8 Å². The van der Waals surface area contributed by atoms with Gasteiger partial charge in [-0.3, -0.25) is 4.79 Å². The van der Waals surface area contributed by atoms with Crippen LogP contribution in [0.4, 0.5) is 0 Å². The number of nitrogens with zero attached hydrogens (tertiary/aromatic N) is 4. The Labute approximate surface area is 118 Å². The summed E-state index contributed by atoms with van der Waals surface area (Å²) < 4.78 is 6.39. The van der Waals surface area contributed by atoms with Crippen molar-refractivity contribution in [2.24, 2.45) is 0 Å². The van der Waals surface area contributed by atoms with Crippen LogP contribution in [0, 0.1) is 0 Å². The third kappa shape index (κ3) is 4.04. The van der Waals surface area contributed by atoms with Crippen LogP contribution in [-0.2, 0) is 22.5 Å². The molecular formula is C13H22N4O3. The predicted octanol–water partition coefficient (Wildman–Crippen LogP) is 0.886. The van der Waals surface area contributed by atoms with E-state index in [0.29, 0.717) is 25.8 Å². The van der Waals surface area contributed by atoms with Gasteiger partial charge in [0.25, 0.3) is 0 Å². The highest BCUT2D eigenvalue weighted by atomic mass is 16.5. The fourth-order valence-electron chi connectivity index (χ4n) is 1.86. The van der Waals surface area contributed by atoms with Crippen molar-refractivity contribution in [2.75, 3.05) is 21.2 Å². The van der Waals surface area contributed by atoms with Gasteiger partial charge in [-0.05, 0) is 12.8 Å². The number of hydrogen-bond donors (Lipinski definition) is 0. The number of aryl methyl sites for hydroxylation is 1. The number of carbonyl (C=O) groups is 2. The summed E-state index contributed by atoms with van der Waals surface area (Å²) in [6.45, 7) is 2.59. The molecule has 1 aromatic heterocycles. The van der Waals surface area contributed by atoms with E-state index in [-0.39, 0.29) is 11.6 Å². The average molecular weight is 282 g/mol. The Bertz CT molecular complexity index is 468. The van der Waals surface area contributed by atoms with Crippen LogP contribution >= 0.6 is 0 Å². The largest absolute Gasteiger partial charge is 0.464 e. The molecule has 0 N–H and O–H groups in total. The number of methoxy groups -OCH3 is 1. The molecule has 1 rings (SSSR count). The maximum Gasteiger partial charge on any atom is 0.360 e. The zero-order valence-corrected chi connectivity index (χ0v) is 12.5. The first-order valence-electron chi connectivity index (χ1n) is 6.72. The highest BCUT2D eigenvalue weighted by Crippen LogP contribution is 2.11. The second-order valence-corrected chi connectivity index (χ2v) is 4.74. The maximum atomic E-state index is 11.6. The van der Waals surface area contributed by atoms with Gasteiger partial charge in [-0.1, -0.05) is 18.6 Å². The monoisotopic (exact) mass is 282 g/mol. The molecule has 0 spiro atoms. The number of ether oxygens (including phenoxy) is 1. The molecule has 0 radical (unpaired) electrons. The molecule has 1 amide bonds. The molecule has 0 aliphatic carbocycles. The molecule has 0 saturated heterocycles. The molecule has 0 aliphatic heterocycles. The Balaban J connectivity index is 2.72. The molecule has 112 valence electrons. The van der Waals surface area contributed by atoms with Crippen molar-refractivity contribution in [1.29, 1.82) is 0 Å². The van der Waals surface area contributed by atoms with Crippen LogP contribution in [0.3, 0.4) is 0 Å². The number of carbonyl (C=O) groups excluding carboxylic acids is 2. The minimum Gasteiger partial charge on any atom is -0.464 e. The summed E-state index contributed by atoms with van der Waals surface area (Å²) in [4.78, 5) is 24.7. The number of rotatable bonds is 7. The van der Waals surface area contributed by atoms with Crippen molar-refractivity contribution in [2.45, 2.75) is 39.2 Å². The van der Waals surface area contributed by atoms with Gasteiger partial charge >= 0.3 is 5.97 Å². The normalized spacial score (nSPS) is 10.4. The summed E-state index contributed by atoms with van der Waals surface area (Å²) in [5.74, 6) is -0.389. The molecule has 0 aliphatic rings. The Morgan fingerprint density at radius 1 is 1.35 bits per heavy atom. The Morgan fingerprint density at radius 3 is 2.60 bits per heavy atom. The fraction of sp³-hybridized carbons (Fsp3) is 0.692. The first-order chi connectivity index (χ1) is 9.51. The fourth-order valence-corrected chi connectivity index (χ4v) is 1.86. The lowest BCUT2D eigenvalue weighted by molar-refractivity contribution is -0.128. The van der Waals surface area contributed by atoms with Crippen molar-refractivity contribution in [3.05, 3.63) is 11.4 Å². The number of amides is 1. The van der Waals surface area contributed by atoms with E-state index >= 15 is 0 Å². The van der Waals surface area contributed by atoms with Crippen LogP contribution in [0.1, 0.15) is 42.4 Å². The molecule has 1 heterocycles. The summed E-state index contributed by atoms with van der Waals surface area (Å²) in [6, 6.07) is 0. The van der Waals surface area contributed by atoms with Crippen LogP contribution in [0.5, 0.6) is 0 Å². The van der Waals surface area contributed by atoms with Gasteiger partial charge in [-0.25, -0.2) is 9.48 Å². The van der Waals surface area contributed by atoms with E-state index in [0.717, 1.165) is 12.1 Å². The summed E-state index contributed by atoms with van der Waals surface area (Å²) in [5, 5.41) is 7.87. The zero-order valence-electron chi connectivity index (χ0n) is 12.5. The lowest BCUT2D eigenvalue weighted by Gasteiger charge is -2.10. The Kier molecular flexibility index (Phi) is 6.14. The SMILES string of the molecule is CCCc1c(C(=O)OC)nnn1CCCC(=O)N(C)C. The van der Waals surface area contributed by atoms with Crippen LogP contribution < -0.4 is 0 Å². The van der Waals surface area contributed by atoms with Crippen LogP contribution in [0.2, 0.25) is 0 Å². The lowest BCUT2D eigenvalue weighted by atomic mass is 10.2. The van der Waals surface area contributed by atoms with E-state index in [1.807, 2.05) is 6.92 Å². The van der Waals surface area contributed by atoms with Gasteiger partial charge in [-0.15, -0.1) is 5.10 Å². The standard InChI is InChI=1S/C13H22N4O3/c1-5-7-10-12(13(19)20-4)14-15-17(10)9-6-8-11(18)16(2)3/h5-9H2,1-4H3. The molecule has 0 aromatic carbocycles. The van der Waals surface area contributed by atoms with E-state index in [4.69, 9.17) is 4.74 Å². The van der Waals surface area contributed by atoms with Gasteiger partial charge in [0.1, 0.15) is 0 Å². The van der Waals surface area contributed by atoms with E-state index in [1.165, 1.54) is 7.11 Å². The third-order valence-corrected chi connectivity index (χ3v) is 2.96. The molecule has 1 aromatic rings. The van der Waals surface area contributed by atoms with Crippen molar-refractivity contribution < 1.29 is 14.3 Å². The molecule has 7 heteroatoms. The minimum atomic E-state index is -0.468. The van der Waals surface area contributed by atoms with Crippen LogP contribution in [0.25, 0.3) is 0 Å². The molecule has 20 heavy (non-hydrogen) atoms. The summed E-state index contributed by atoms with van der Waals surface area (Å²) >= 11 is 0. The van der Waals surface area contributed by atoms with Crippen molar-refractivity contribution in [3.63, 3.8) is 0 Å². The summed E-state index contributed by atoms with van der Waals surface area (Å²) in [6.07, 6.45) is 2.71. The summed E-state index contributed by atoms with van der Waals surface area (Å²) in [5.41, 5.74) is 1.05. The maximum absolute atomic E-state index is 11.6. The zero-order chi connectivity index (χ0) is 15.1. The first-order valence-corrected chi connectivity index (χ1v) is 6.72. The number of esters is 1. The number of hydrogen-bond acceptors (Lipinski definition) is 5. The van der Waals surface area contributed by atoms with Gasteiger partial charge < -0.3 is 9.64 Å². The Morgan fingerprint density at radius 2 is 2.05 bits per heavy atom. The second kappa shape index (κ2) is 7.62. The molecule has 0 fully saturated rings. The quantitative estimate of drug-likeness (QED) is 0.694. The highest BCUT2D eigenvalue weighted by Gasteiger charge is 2.19. The third-order valence-electron chi connectivity index (χ3n) is 2.96. The van der Waals surface area contributed by atoms with E-state index in [2.05, 4.69) is 10.3 Å². The Hall–Kier alpha value is -1.92. The van der Waals surface area contributed by atoms with Crippen molar-refractivity contribution in [1.82, 2.24) is 19.9 Å². The topological polar surface area (TPSA) is 77.3 Å². The molecule has 0 atom stereocenters. The van der Waals surface area contributed by atoms with Gasteiger partial charge in [0.2, 0.25) is 5.91 Å². The predicted molar refractivity (Wildman–Crippen MR) is 73.3 cm³/mol. The molecule has 0 bridgehead atoms. The minimum absolute atomic E-state index is 0.0790.